The molecule has 10 heteroatoms. The molecule has 0 radical (unpaired) electrons. The Hall–Kier alpha value is -3.40. The van der Waals surface area contributed by atoms with E-state index in [1.54, 1.807) is 0 Å². The van der Waals surface area contributed by atoms with E-state index in [1.807, 2.05) is 66.7 Å². The summed E-state index contributed by atoms with van der Waals surface area (Å²) in [6.45, 7) is 0.587. The number of ether oxygens (including phenoxy) is 2. The van der Waals surface area contributed by atoms with Crippen LogP contribution in [-0.4, -0.2) is 38.6 Å². The number of carbonyl (C=O) groups is 2. The number of carboxylic acids is 2. The van der Waals surface area contributed by atoms with Gasteiger partial charge in [-0.25, -0.2) is 4.98 Å². The van der Waals surface area contributed by atoms with Gasteiger partial charge in [0.25, 0.3) is 0 Å². The Labute approximate surface area is 238 Å². The molecule has 1 aliphatic heterocycles. The maximum Gasteiger partial charge on any atom is 0.313 e. The van der Waals surface area contributed by atoms with Gasteiger partial charge in [-0.15, -0.1) is 23.5 Å². The van der Waals surface area contributed by atoms with Gasteiger partial charge in [0, 0.05) is 26.6 Å². The van der Waals surface area contributed by atoms with Crippen LogP contribution in [0.2, 0.25) is 5.02 Å². The summed E-state index contributed by atoms with van der Waals surface area (Å²) in [5.74, 6) is 0.000680. The van der Waals surface area contributed by atoms with E-state index in [2.05, 4.69) is 4.98 Å². The molecule has 0 saturated carbocycles. The smallest absolute Gasteiger partial charge is 0.313 e. The van der Waals surface area contributed by atoms with Crippen molar-refractivity contribution in [3.05, 3.63) is 94.1 Å². The van der Waals surface area contributed by atoms with E-state index in [4.69, 9.17) is 26.2 Å². The van der Waals surface area contributed by atoms with E-state index in [0.29, 0.717) is 28.9 Å². The van der Waals surface area contributed by atoms with Gasteiger partial charge in [-0.1, -0.05) is 29.8 Å². The van der Waals surface area contributed by atoms with Gasteiger partial charge >= 0.3 is 11.9 Å². The maximum absolute atomic E-state index is 11.2. The third-order valence-electron chi connectivity index (χ3n) is 6.11. The topological polar surface area (TPSA) is 106 Å². The molecule has 0 spiro atoms. The van der Waals surface area contributed by atoms with Gasteiger partial charge in [-0.3, -0.25) is 9.59 Å². The van der Waals surface area contributed by atoms with Crippen LogP contribution in [0.4, 0.5) is 0 Å². The highest BCUT2D eigenvalue weighted by atomic mass is 35.5. The van der Waals surface area contributed by atoms with Crippen molar-refractivity contribution in [2.45, 2.75) is 29.8 Å². The Kier molecular flexibility index (Phi) is 8.50. The monoisotopic (exact) mass is 581 g/mol. The van der Waals surface area contributed by atoms with Crippen LogP contribution in [0.3, 0.4) is 0 Å². The Morgan fingerprint density at radius 3 is 2.67 bits per heavy atom. The molecular weight excluding hydrogens is 558 g/mol. The summed E-state index contributed by atoms with van der Waals surface area (Å²) in [6, 6.07) is 21.0. The number of carboxylic acid groups (broad SMARTS) is 2. The number of aliphatic carboxylic acids is 2. The largest absolute Gasteiger partial charge is 0.489 e. The number of aromatic nitrogens is 1. The predicted octanol–water partition coefficient (Wildman–Crippen LogP) is 6.83. The lowest BCUT2D eigenvalue weighted by Gasteiger charge is -2.20. The Balaban J connectivity index is 1.41. The standard InChI is InChI=1S/C29H24ClNO6S2/c30-19-3-1-17-2-4-20(31-25(17)12-19)15-36-21-5-8-26-24(13-21)29(38-10-9-27(32)33)23-7-6-22(39-16-28(34)35)11-18(23)14-37-26/h1-8,11-13,29H,9-10,14-16H2,(H,32,33)(H,34,35). The van der Waals surface area contributed by atoms with Gasteiger partial charge in [-0.2, -0.15) is 0 Å². The summed E-state index contributed by atoms with van der Waals surface area (Å²) in [4.78, 5) is 27.7. The summed E-state index contributed by atoms with van der Waals surface area (Å²) < 4.78 is 12.3. The number of rotatable bonds is 10. The first kappa shape index (κ1) is 27.2. The van der Waals surface area contributed by atoms with Crippen molar-refractivity contribution < 1.29 is 29.3 Å². The van der Waals surface area contributed by atoms with Crippen molar-refractivity contribution in [1.82, 2.24) is 4.98 Å². The number of thioether (sulfide) groups is 2. The summed E-state index contributed by atoms with van der Waals surface area (Å²) in [5.41, 5.74) is 4.40. The van der Waals surface area contributed by atoms with Crippen LogP contribution >= 0.6 is 35.1 Å². The molecule has 0 aliphatic carbocycles. The molecule has 200 valence electrons. The van der Waals surface area contributed by atoms with Crippen molar-refractivity contribution in [3.8, 4) is 11.5 Å². The predicted molar refractivity (Wildman–Crippen MR) is 153 cm³/mol. The molecule has 0 amide bonds. The minimum Gasteiger partial charge on any atom is -0.489 e. The van der Waals surface area contributed by atoms with Crippen molar-refractivity contribution in [1.29, 1.82) is 0 Å². The molecule has 4 aromatic rings. The van der Waals surface area contributed by atoms with E-state index in [1.165, 1.54) is 23.5 Å². The molecule has 5 rings (SSSR count). The van der Waals surface area contributed by atoms with Crippen molar-refractivity contribution in [3.63, 3.8) is 0 Å². The van der Waals surface area contributed by atoms with Gasteiger partial charge in [0.05, 0.1) is 28.6 Å². The van der Waals surface area contributed by atoms with Crippen molar-refractivity contribution in [2.75, 3.05) is 11.5 Å². The lowest BCUT2D eigenvalue weighted by molar-refractivity contribution is -0.136. The molecule has 0 bridgehead atoms. The number of fused-ring (bicyclic) bond motifs is 3. The number of pyridine rings is 1. The highest BCUT2D eigenvalue weighted by Gasteiger charge is 2.26. The molecule has 3 aromatic carbocycles. The molecule has 2 heterocycles. The summed E-state index contributed by atoms with van der Waals surface area (Å²) in [6.07, 6.45) is 0.0348. The second-order valence-corrected chi connectivity index (χ2v) is 11.6. The third kappa shape index (κ3) is 6.79. The molecule has 2 N–H and O–H groups in total. The van der Waals surface area contributed by atoms with E-state index in [9.17, 15) is 14.7 Å². The van der Waals surface area contributed by atoms with Crippen LogP contribution in [0.5, 0.6) is 11.5 Å². The molecule has 1 aliphatic rings. The van der Waals surface area contributed by atoms with Gasteiger partial charge in [0.15, 0.2) is 0 Å². The first-order chi connectivity index (χ1) is 18.9. The lowest BCUT2D eigenvalue weighted by atomic mass is 10.00. The molecule has 7 nitrogen and oxygen atoms in total. The van der Waals surface area contributed by atoms with Crippen LogP contribution in [0.1, 0.15) is 34.1 Å². The average molecular weight is 582 g/mol. The summed E-state index contributed by atoms with van der Waals surface area (Å²) >= 11 is 8.90. The van der Waals surface area contributed by atoms with E-state index in [-0.39, 0.29) is 24.0 Å². The lowest BCUT2D eigenvalue weighted by Crippen LogP contribution is -2.04. The minimum absolute atomic E-state index is 0.0313. The molecule has 1 aromatic heterocycles. The second-order valence-electron chi connectivity index (χ2n) is 8.85. The number of nitrogens with zero attached hydrogens (tertiary/aromatic N) is 1. The maximum atomic E-state index is 11.2. The Morgan fingerprint density at radius 2 is 1.85 bits per heavy atom. The number of halogens is 1. The highest BCUT2D eigenvalue weighted by molar-refractivity contribution is 8.00. The highest BCUT2D eigenvalue weighted by Crippen LogP contribution is 2.46. The van der Waals surface area contributed by atoms with Crippen LogP contribution < -0.4 is 9.47 Å². The minimum atomic E-state index is -0.879. The van der Waals surface area contributed by atoms with Gasteiger partial charge in [0.2, 0.25) is 0 Å². The Morgan fingerprint density at radius 1 is 1.00 bits per heavy atom. The second kappa shape index (κ2) is 12.2. The normalized spacial score (nSPS) is 14.1. The van der Waals surface area contributed by atoms with Gasteiger partial charge in [0.1, 0.15) is 24.7 Å². The quantitative estimate of drug-likeness (QED) is 0.195. The summed E-state index contributed by atoms with van der Waals surface area (Å²) in [5, 5.41) is 19.7. The molecular formula is C29H24ClNO6S2. The molecule has 0 fully saturated rings. The zero-order valence-corrected chi connectivity index (χ0v) is 23.0. The number of hydrogen-bond donors (Lipinski definition) is 2. The van der Waals surface area contributed by atoms with Gasteiger partial charge in [-0.05, 0) is 59.7 Å². The van der Waals surface area contributed by atoms with E-state index in [0.717, 1.165) is 38.2 Å². The SMILES string of the molecule is O=C(O)CCSC1c2ccc(SCC(=O)O)cc2COc2ccc(OCc3ccc4ccc(Cl)cc4n3)cc21. The van der Waals surface area contributed by atoms with E-state index >= 15 is 0 Å². The zero-order valence-electron chi connectivity index (χ0n) is 20.6. The summed E-state index contributed by atoms with van der Waals surface area (Å²) in [7, 11) is 0. The van der Waals surface area contributed by atoms with Crippen molar-refractivity contribution >= 4 is 58.0 Å². The van der Waals surface area contributed by atoms with Crippen molar-refractivity contribution in [2.24, 2.45) is 0 Å². The van der Waals surface area contributed by atoms with Crippen LogP contribution in [0.15, 0.2) is 71.6 Å². The van der Waals surface area contributed by atoms with E-state index < -0.39 is 11.9 Å². The average Bonchev–Trinajstić information content (AvgIpc) is 3.06. The molecule has 1 atom stereocenters. The van der Waals surface area contributed by atoms with Gasteiger partial charge < -0.3 is 19.7 Å². The first-order valence-corrected chi connectivity index (χ1v) is 14.5. The molecule has 0 saturated heterocycles. The fourth-order valence-corrected chi connectivity index (χ4v) is 6.44. The number of benzene rings is 3. The molecule has 1 unspecified atom stereocenters. The third-order valence-corrected chi connectivity index (χ3v) is 8.60. The fraction of sp³-hybridized carbons (Fsp3) is 0.207. The fourth-order valence-electron chi connectivity index (χ4n) is 4.29. The Bertz CT molecular complexity index is 1550. The molecule has 39 heavy (non-hydrogen) atoms. The number of hydrogen-bond acceptors (Lipinski definition) is 7. The zero-order chi connectivity index (χ0) is 27.4. The van der Waals surface area contributed by atoms with Crippen LogP contribution in [0.25, 0.3) is 10.9 Å². The van der Waals surface area contributed by atoms with Crippen LogP contribution in [-0.2, 0) is 22.8 Å². The van der Waals surface area contributed by atoms with Crippen LogP contribution in [0, 0.1) is 0 Å². The first-order valence-electron chi connectivity index (χ1n) is 12.1.